The van der Waals surface area contributed by atoms with Gasteiger partial charge in [0, 0.05) is 10.4 Å². The lowest BCUT2D eigenvalue weighted by molar-refractivity contribution is -0.149. The molecular weight excluding hydrogens is 291 g/mol. The highest BCUT2D eigenvalue weighted by molar-refractivity contribution is 9.10. The van der Waals surface area contributed by atoms with E-state index >= 15 is 0 Å². The number of carbonyl (C=O) groups is 1. The van der Waals surface area contributed by atoms with Crippen LogP contribution in [-0.4, -0.2) is 19.2 Å². The van der Waals surface area contributed by atoms with Crippen molar-refractivity contribution in [2.24, 2.45) is 5.92 Å². The molecule has 1 saturated carbocycles. The number of rotatable bonds is 4. The van der Waals surface area contributed by atoms with Crippen molar-refractivity contribution in [1.29, 1.82) is 0 Å². The molecule has 0 N–H and O–H groups in total. The first-order chi connectivity index (χ1) is 8.11. The number of methoxy groups -OCH3 is 1. The zero-order valence-corrected chi connectivity index (χ0v) is 10.9. The summed E-state index contributed by atoms with van der Waals surface area (Å²) in [7, 11) is 1.30. The summed E-state index contributed by atoms with van der Waals surface area (Å²) in [6, 6.07) is 4.47. The van der Waals surface area contributed by atoms with Crippen molar-refractivity contribution in [3.05, 3.63) is 28.5 Å². The summed E-state index contributed by atoms with van der Waals surface area (Å²) in [5.74, 6) is -0.718. The maximum absolute atomic E-state index is 13.6. The summed E-state index contributed by atoms with van der Waals surface area (Å²) in [5, 5.41) is 0. The minimum absolute atomic E-state index is 0.0792. The summed E-state index contributed by atoms with van der Waals surface area (Å²) in [6.45, 7) is 0. The molecule has 2 rings (SSSR count). The average Bonchev–Trinajstić information content (AvgIpc) is 3.11. The standard InChI is InChI=1S/C12H12BrFO3/c1-16-12(15)11(7-2-3-7)17-10-5-4-8(13)6-9(10)14/h4-7,11H,2-3H2,1H3. The van der Waals surface area contributed by atoms with Gasteiger partial charge in [-0.2, -0.15) is 0 Å². The van der Waals surface area contributed by atoms with Crippen LogP contribution in [0.3, 0.4) is 0 Å². The summed E-state index contributed by atoms with van der Waals surface area (Å²) in [5.41, 5.74) is 0. The molecule has 1 atom stereocenters. The Labute approximate surface area is 107 Å². The van der Waals surface area contributed by atoms with E-state index in [4.69, 9.17) is 4.74 Å². The van der Waals surface area contributed by atoms with Crippen LogP contribution < -0.4 is 4.74 Å². The van der Waals surface area contributed by atoms with Crippen LogP contribution in [0.4, 0.5) is 4.39 Å². The molecule has 92 valence electrons. The number of ether oxygens (including phenoxy) is 2. The van der Waals surface area contributed by atoms with Crippen LogP contribution in [-0.2, 0) is 9.53 Å². The molecular formula is C12H12BrFO3. The molecule has 0 saturated heterocycles. The molecule has 0 aliphatic heterocycles. The van der Waals surface area contributed by atoms with E-state index in [-0.39, 0.29) is 11.7 Å². The Bertz CT molecular complexity index is 432. The van der Waals surface area contributed by atoms with Crippen LogP contribution in [0.5, 0.6) is 5.75 Å². The summed E-state index contributed by atoms with van der Waals surface area (Å²) in [6.07, 6.45) is 1.13. The minimum atomic E-state index is -0.698. The summed E-state index contributed by atoms with van der Waals surface area (Å²) < 4.78 is 24.2. The third-order valence-electron chi connectivity index (χ3n) is 2.63. The average molecular weight is 303 g/mol. The molecule has 3 nitrogen and oxygen atoms in total. The van der Waals surface area contributed by atoms with E-state index in [2.05, 4.69) is 20.7 Å². The molecule has 1 fully saturated rings. The highest BCUT2D eigenvalue weighted by Gasteiger charge is 2.39. The van der Waals surface area contributed by atoms with Crippen molar-refractivity contribution < 1.29 is 18.7 Å². The second kappa shape index (κ2) is 5.04. The Morgan fingerprint density at radius 2 is 2.24 bits per heavy atom. The Hall–Kier alpha value is -1.10. The lowest BCUT2D eigenvalue weighted by Crippen LogP contribution is -2.30. The van der Waals surface area contributed by atoms with Gasteiger partial charge in [-0.25, -0.2) is 9.18 Å². The van der Waals surface area contributed by atoms with Gasteiger partial charge >= 0.3 is 5.97 Å². The van der Waals surface area contributed by atoms with Crippen molar-refractivity contribution in [2.75, 3.05) is 7.11 Å². The third-order valence-corrected chi connectivity index (χ3v) is 3.12. The molecule has 17 heavy (non-hydrogen) atoms. The zero-order valence-electron chi connectivity index (χ0n) is 9.28. The SMILES string of the molecule is COC(=O)C(Oc1ccc(Br)cc1F)C1CC1. The molecule has 0 bridgehead atoms. The fourth-order valence-corrected chi connectivity index (χ4v) is 1.89. The molecule has 0 spiro atoms. The molecule has 1 aromatic rings. The van der Waals surface area contributed by atoms with Crippen molar-refractivity contribution in [1.82, 2.24) is 0 Å². The van der Waals surface area contributed by atoms with Crippen LogP contribution in [0.2, 0.25) is 0 Å². The fourth-order valence-electron chi connectivity index (χ4n) is 1.56. The number of hydrogen-bond donors (Lipinski definition) is 0. The van der Waals surface area contributed by atoms with Crippen molar-refractivity contribution in [2.45, 2.75) is 18.9 Å². The topological polar surface area (TPSA) is 35.5 Å². The van der Waals surface area contributed by atoms with E-state index in [0.717, 1.165) is 12.8 Å². The van der Waals surface area contributed by atoms with Gasteiger partial charge in [-0.3, -0.25) is 0 Å². The van der Waals surface area contributed by atoms with Gasteiger partial charge in [0.05, 0.1) is 7.11 Å². The number of carbonyl (C=O) groups excluding carboxylic acids is 1. The Balaban J connectivity index is 2.14. The van der Waals surface area contributed by atoms with E-state index in [0.29, 0.717) is 4.47 Å². The molecule has 1 aromatic carbocycles. The molecule has 0 heterocycles. The van der Waals surface area contributed by atoms with E-state index in [1.807, 2.05) is 0 Å². The maximum Gasteiger partial charge on any atom is 0.347 e. The fraction of sp³-hybridized carbons (Fsp3) is 0.417. The van der Waals surface area contributed by atoms with Gasteiger partial charge in [0.1, 0.15) is 0 Å². The van der Waals surface area contributed by atoms with Crippen molar-refractivity contribution in [3.8, 4) is 5.75 Å². The number of halogens is 2. The first kappa shape index (κ1) is 12.4. The monoisotopic (exact) mass is 302 g/mol. The quantitative estimate of drug-likeness (QED) is 0.802. The van der Waals surface area contributed by atoms with Crippen LogP contribution >= 0.6 is 15.9 Å². The Morgan fingerprint density at radius 1 is 1.53 bits per heavy atom. The largest absolute Gasteiger partial charge is 0.475 e. The van der Waals surface area contributed by atoms with E-state index < -0.39 is 17.9 Å². The summed E-state index contributed by atoms with van der Waals surface area (Å²) >= 11 is 3.16. The zero-order chi connectivity index (χ0) is 12.4. The van der Waals surface area contributed by atoms with Gasteiger partial charge in [-0.05, 0) is 31.0 Å². The Morgan fingerprint density at radius 3 is 2.76 bits per heavy atom. The van der Waals surface area contributed by atoms with Gasteiger partial charge in [0.15, 0.2) is 17.7 Å². The predicted octanol–water partition coefficient (Wildman–Crippen LogP) is 2.92. The van der Waals surface area contributed by atoms with Crippen LogP contribution in [0.25, 0.3) is 0 Å². The van der Waals surface area contributed by atoms with Crippen molar-refractivity contribution in [3.63, 3.8) is 0 Å². The van der Waals surface area contributed by atoms with Crippen LogP contribution in [0.1, 0.15) is 12.8 Å². The summed E-state index contributed by atoms with van der Waals surface area (Å²) in [4.78, 5) is 11.5. The first-order valence-corrected chi connectivity index (χ1v) is 6.10. The molecule has 1 aliphatic rings. The molecule has 0 amide bonds. The van der Waals surface area contributed by atoms with E-state index in [1.54, 1.807) is 6.07 Å². The molecule has 0 radical (unpaired) electrons. The minimum Gasteiger partial charge on any atom is -0.475 e. The molecule has 0 aromatic heterocycles. The first-order valence-electron chi connectivity index (χ1n) is 5.31. The normalized spacial score (nSPS) is 16.4. The van der Waals surface area contributed by atoms with E-state index in [1.165, 1.54) is 19.2 Å². The van der Waals surface area contributed by atoms with Gasteiger partial charge in [0.25, 0.3) is 0 Å². The van der Waals surface area contributed by atoms with Crippen LogP contribution in [0.15, 0.2) is 22.7 Å². The highest BCUT2D eigenvalue weighted by Crippen LogP contribution is 2.36. The molecule has 1 unspecified atom stereocenters. The number of benzene rings is 1. The second-order valence-electron chi connectivity index (χ2n) is 3.97. The maximum atomic E-state index is 13.6. The van der Waals surface area contributed by atoms with Crippen molar-refractivity contribution >= 4 is 21.9 Å². The molecule has 5 heteroatoms. The Kier molecular flexibility index (Phi) is 3.66. The van der Waals surface area contributed by atoms with Crippen LogP contribution in [0, 0.1) is 11.7 Å². The van der Waals surface area contributed by atoms with Gasteiger partial charge in [-0.1, -0.05) is 15.9 Å². The highest BCUT2D eigenvalue weighted by atomic mass is 79.9. The second-order valence-corrected chi connectivity index (χ2v) is 4.89. The lowest BCUT2D eigenvalue weighted by atomic mass is 10.2. The van der Waals surface area contributed by atoms with Gasteiger partial charge in [0.2, 0.25) is 0 Å². The molecule has 1 aliphatic carbocycles. The number of hydrogen-bond acceptors (Lipinski definition) is 3. The van der Waals surface area contributed by atoms with Gasteiger partial charge < -0.3 is 9.47 Å². The lowest BCUT2D eigenvalue weighted by Gasteiger charge is -2.16. The number of esters is 1. The third kappa shape index (κ3) is 2.97. The predicted molar refractivity (Wildman–Crippen MR) is 63.3 cm³/mol. The van der Waals surface area contributed by atoms with E-state index in [9.17, 15) is 9.18 Å². The van der Waals surface area contributed by atoms with Gasteiger partial charge in [-0.15, -0.1) is 0 Å². The smallest absolute Gasteiger partial charge is 0.347 e.